The summed E-state index contributed by atoms with van der Waals surface area (Å²) in [4.78, 5) is 29.1. The number of aromatic nitrogens is 1. The summed E-state index contributed by atoms with van der Waals surface area (Å²) in [7, 11) is -3.93. The fraction of sp³-hybridized carbons (Fsp3) is 0.190. The van der Waals surface area contributed by atoms with Crippen LogP contribution in [0.25, 0.3) is 0 Å². The highest BCUT2D eigenvalue weighted by molar-refractivity contribution is 7.89. The lowest BCUT2D eigenvalue weighted by molar-refractivity contribution is -0.138. The smallest absolute Gasteiger partial charge is 0.348 e. The highest BCUT2D eigenvalue weighted by atomic mass is 32.2. The number of nitrogens with two attached hydrogens (primary N) is 1. The van der Waals surface area contributed by atoms with Gasteiger partial charge in [-0.05, 0) is 31.2 Å². The van der Waals surface area contributed by atoms with E-state index < -0.39 is 34.5 Å². The molecule has 0 saturated carbocycles. The normalized spacial score (nSPS) is 12.1. The number of esters is 2. The van der Waals surface area contributed by atoms with E-state index in [2.05, 4.69) is 15.0 Å². The second-order valence-corrected chi connectivity index (χ2v) is 9.19. The Balaban J connectivity index is 1.69. The fourth-order valence-electron chi connectivity index (χ4n) is 2.79. The Hall–Kier alpha value is -3.32. The van der Waals surface area contributed by atoms with Crippen molar-refractivity contribution in [2.75, 3.05) is 11.9 Å². The standard InChI is InChI=1S/C21H22N4O6S2/c1-2-30-16-10-6-9-15(19(16)24-21-23-11-12-32-21)20(27)31-18(26)13-17(22)25-33(28,29)14-7-4-3-5-8-14/h3-12,17,25H,2,13,22H2,1H3,(H,23,24). The molecule has 1 aromatic heterocycles. The van der Waals surface area contributed by atoms with Crippen molar-refractivity contribution in [3.05, 3.63) is 65.7 Å². The van der Waals surface area contributed by atoms with Crippen LogP contribution < -0.4 is 20.5 Å². The first-order chi connectivity index (χ1) is 15.8. The second-order valence-electron chi connectivity index (χ2n) is 6.58. The Morgan fingerprint density at radius 1 is 1.15 bits per heavy atom. The number of thiazole rings is 1. The minimum atomic E-state index is -3.93. The summed E-state index contributed by atoms with van der Waals surface area (Å²) in [5, 5.41) is 5.27. The van der Waals surface area contributed by atoms with Crippen molar-refractivity contribution in [1.82, 2.24) is 9.71 Å². The number of carbonyl (C=O) groups is 2. The number of rotatable bonds is 10. The van der Waals surface area contributed by atoms with Crippen LogP contribution in [0.5, 0.6) is 5.75 Å². The first-order valence-corrected chi connectivity index (χ1v) is 12.2. The molecule has 0 aliphatic heterocycles. The lowest BCUT2D eigenvalue weighted by Crippen LogP contribution is -2.43. The van der Waals surface area contributed by atoms with Gasteiger partial charge in [0.2, 0.25) is 10.0 Å². The molecule has 0 amide bonds. The SMILES string of the molecule is CCOc1cccc(C(=O)OC(=O)CC(N)NS(=O)(=O)c2ccccc2)c1Nc1nccs1. The van der Waals surface area contributed by atoms with Crippen molar-refractivity contribution in [3.63, 3.8) is 0 Å². The Morgan fingerprint density at radius 3 is 2.58 bits per heavy atom. The third-order valence-electron chi connectivity index (χ3n) is 4.16. The van der Waals surface area contributed by atoms with Crippen molar-refractivity contribution in [3.8, 4) is 5.75 Å². The number of para-hydroxylation sites is 1. The molecular formula is C21H22N4O6S2. The molecule has 0 saturated heterocycles. The van der Waals surface area contributed by atoms with Gasteiger partial charge in [-0.1, -0.05) is 24.3 Å². The predicted molar refractivity (Wildman–Crippen MR) is 123 cm³/mol. The van der Waals surface area contributed by atoms with Gasteiger partial charge in [0.05, 0.1) is 35.3 Å². The van der Waals surface area contributed by atoms with E-state index in [0.29, 0.717) is 23.2 Å². The highest BCUT2D eigenvalue weighted by Gasteiger charge is 2.24. The molecule has 174 valence electrons. The molecule has 1 heterocycles. The molecule has 10 nitrogen and oxygen atoms in total. The minimum absolute atomic E-state index is 0.00413. The van der Waals surface area contributed by atoms with E-state index in [4.69, 9.17) is 15.2 Å². The summed E-state index contributed by atoms with van der Waals surface area (Å²) in [5.74, 6) is -1.56. The van der Waals surface area contributed by atoms with E-state index >= 15 is 0 Å². The van der Waals surface area contributed by atoms with E-state index in [0.717, 1.165) is 0 Å². The summed E-state index contributed by atoms with van der Waals surface area (Å²) in [6, 6.07) is 12.3. The van der Waals surface area contributed by atoms with Crippen LogP contribution in [-0.2, 0) is 19.6 Å². The summed E-state index contributed by atoms with van der Waals surface area (Å²) >= 11 is 1.31. The molecule has 0 aliphatic rings. The molecule has 33 heavy (non-hydrogen) atoms. The maximum atomic E-state index is 12.7. The zero-order valence-corrected chi connectivity index (χ0v) is 19.2. The number of nitrogens with zero attached hydrogens (tertiary/aromatic N) is 1. The maximum absolute atomic E-state index is 12.7. The fourth-order valence-corrected chi connectivity index (χ4v) is 4.45. The van der Waals surface area contributed by atoms with Gasteiger partial charge in [-0.2, -0.15) is 4.72 Å². The summed E-state index contributed by atoms with van der Waals surface area (Å²) in [6.45, 7) is 2.14. The minimum Gasteiger partial charge on any atom is -0.492 e. The van der Waals surface area contributed by atoms with Gasteiger partial charge in [0.15, 0.2) is 5.13 Å². The van der Waals surface area contributed by atoms with Gasteiger partial charge in [0, 0.05) is 11.6 Å². The maximum Gasteiger partial charge on any atom is 0.348 e. The third kappa shape index (κ3) is 6.58. The zero-order chi connectivity index (χ0) is 23.8. The van der Waals surface area contributed by atoms with E-state index in [1.807, 2.05) is 0 Å². The van der Waals surface area contributed by atoms with Gasteiger partial charge in [-0.25, -0.2) is 18.2 Å². The predicted octanol–water partition coefficient (Wildman–Crippen LogP) is 2.62. The summed E-state index contributed by atoms with van der Waals surface area (Å²) in [5.41, 5.74) is 6.09. The van der Waals surface area contributed by atoms with Gasteiger partial charge in [-0.15, -0.1) is 11.3 Å². The molecule has 2 aromatic carbocycles. The van der Waals surface area contributed by atoms with Gasteiger partial charge in [0.1, 0.15) is 5.75 Å². The van der Waals surface area contributed by atoms with E-state index in [9.17, 15) is 18.0 Å². The molecule has 0 radical (unpaired) electrons. The van der Waals surface area contributed by atoms with Crippen LogP contribution in [0.2, 0.25) is 0 Å². The molecule has 0 aliphatic carbocycles. The van der Waals surface area contributed by atoms with Gasteiger partial charge in [-0.3, -0.25) is 4.79 Å². The summed E-state index contributed by atoms with van der Waals surface area (Å²) < 4.78 is 37.3. The average Bonchev–Trinajstić information content (AvgIpc) is 3.28. The number of benzene rings is 2. The lowest BCUT2D eigenvalue weighted by Gasteiger charge is -2.15. The van der Waals surface area contributed by atoms with Crippen LogP contribution in [0, 0.1) is 0 Å². The first-order valence-electron chi connectivity index (χ1n) is 9.80. The van der Waals surface area contributed by atoms with E-state index in [-0.39, 0.29) is 10.5 Å². The van der Waals surface area contributed by atoms with E-state index in [1.54, 1.807) is 48.8 Å². The molecule has 3 rings (SSSR count). The van der Waals surface area contributed by atoms with Crippen molar-refractivity contribution in [2.24, 2.45) is 5.73 Å². The van der Waals surface area contributed by atoms with Crippen LogP contribution in [0.4, 0.5) is 10.8 Å². The van der Waals surface area contributed by atoms with Crippen LogP contribution in [0.1, 0.15) is 23.7 Å². The van der Waals surface area contributed by atoms with Gasteiger partial charge < -0.3 is 20.5 Å². The Morgan fingerprint density at radius 2 is 1.91 bits per heavy atom. The average molecular weight is 491 g/mol. The van der Waals surface area contributed by atoms with Gasteiger partial charge >= 0.3 is 11.9 Å². The number of hydrogen-bond acceptors (Lipinski definition) is 10. The van der Waals surface area contributed by atoms with Crippen LogP contribution in [0.3, 0.4) is 0 Å². The Bertz CT molecular complexity index is 1200. The Labute approximate surface area is 194 Å². The number of hydrogen-bond donors (Lipinski definition) is 3. The quantitative estimate of drug-likeness (QED) is 0.221. The lowest BCUT2D eigenvalue weighted by atomic mass is 10.1. The number of carbonyl (C=O) groups excluding carboxylic acids is 2. The molecule has 0 spiro atoms. The molecule has 0 bridgehead atoms. The van der Waals surface area contributed by atoms with Gasteiger partial charge in [0.25, 0.3) is 0 Å². The first kappa shape index (κ1) is 24.3. The molecule has 3 aromatic rings. The monoisotopic (exact) mass is 490 g/mol. The number of nitrogens with one attached hydrogen (secondary N) is 2. The number of anilines is 2. The second kappa shape index (κ2) is 11.0. The molecule has 12 heteroatoms. The Kier molecular flexibility index (Phi) is 8.11. The van der Waals surface area contributed by atoms with Crippen molar-refractivity contribution in [2.45, 2.75) is 24.4 Å². The molecule has 1 unspecified atom stereocenters. The molecule has 0 fully saturated rings. The van der Waals surface area contributed by atoms with Crippen LogP contribution in [0.15, 0.2) is 65.0 Å². The van der Waals surface area contributed by atoms with Crippen LogP contribution >= 0.6 is 11.3 Å². The third-order valence-corrected chi connectivity index (χ3v) is 6.36. The van der Waals surface area contributed by atoms with Crippen molar-refractivity contribution in [1.29, 1.82) is 0 Å². The number of sulfonamides is 1. The molecular weight excluding hydrogens is 468 g/mol. The van der Waals surface area contributed by atoms with Crippen molar-refractivity contribution >= 4 is 44.1 Å². The molecule has 1 atom stereocenters. The van der Waals surface area contributed by atoms with Crippen LogP contribution in [-0.4, -0.2) is 38.1 Å². The topological polar surface area (TPSA) is 150 Å². The largest absolute Gasteiger partial charge is 0.492 e. The number of ether oxygens (including phenoxy) is 2. The van der Waals surface area contributed by atoms with Crippen molar-refractivity contribution < 1.29 is 27.5 Å². The highest BCUT2D eigenvalue weighted by Crippen LogP contribution is 2.33. The molecule has 4 N–H and O–H groups in total. The zero-order valence-electron chi connectivity index (χ0n) is 17.6. The summed E-state index contributed by atoms with van der Waals surface area (Å²) in [6.07, 6.45) is -0.258. The van der Waals surface area contributed by atoms with E-state index in [1.165, 1.54) is 29.5 Å².